The molecule has 3 rings (SSSR count). The van der Waals surface area contributed by atoms with Crippen LogP contribution in [-0.2, 0) is 9.59 Å². The fraction of sp³-hybridized carbons (Fsp3) is 0.480. The molecule has 2 amide bonds. The lowest BCUT2D eigenvalue weighted by Gasteiger charge is -2.34. The topological polar surface area (TPSA) is 65.5 Å². The van der Waals surface area contributed by atoms with Gasteiger partial charge >= 0.3 is 0 Å². The number of piperidine rings is 1. The smallest absolute Gasteiger partial charge is 0.224 e. The molecule has 0 radical (unpaired) electrons. The van der Waals surface area contributed by atoms with E-state index >= 15 is 0 Å². The number of benzene rings is 1. The molecule has 1 atom stereocenters. The Morgan fingerprint density at radius 2 is 1.77 bits per heavy atom. The Labute approximate surface area is 185 Å². The highest BCUT2D eigenvalue weighted by atomic mass is 16.2. The summed E-state index contributed by atoms with van der Waals surface area (Å²) < 4.78 is 0. The molecule has 1 aliphatic heterocycles. The van der Waals surface area contributed by atoms with Crippen LogP contribution in [0.1, 0.15) is 49.8 Å². The van der Waals surface area contributed by atoms with Gasteiger partial charge < -0.3 is 15.1 Å². The van der Waals surface area contributed by atoms with E-state index in [9.17, 15) is 9.59 Å². The first kappa shape index (κ1) is 22.8. The summed E-state index contributed by atoms with van der Waals surface area (Å²) in [5.74, 6) is 0.576. The molecule has 0 saturated carbocycles. The van der Waals surface area contributed by atoms with Crippen molar-refractivity contribution in [1.29, 1.82) is 0 Å². The SMILES string of the molecule is CC(=O)NC(CC(=O)N(C)CCC1CCN(c2ccncc2)CC1)c1ccc(C)cc1. The number of anilines is 1. The first-order valence-electron chi connectivity index (χ1n) is 11.1. The van der Waals surface area contributed by atoms with Crippen molar-refractivity contribution < 1.29 is 9.59 Å². The summed E-state index contributed by atoms with van der Waals surface area (Å²) in [5.41, 5.74) is 3.36. The van der Waals surface area contributed by atoms with Crippen LogP contribution in [0.25, 0.3) is 0 Å². The van der Waals surface area contributed by atoms with Gasteiger partial charge in [0.2, 0.25) is 11.8 Å². The maximum atomic E-state index is 12.8. The van der Waals surface area contributed by atoms with Crippen molar-refractivity contribution in [3.05, 3.63) is 59.9 Å². The van der Waals surface area contributed by atoms with Crippen molar-refractivity contribution in [2.45, 2.75) is 45.6 Å². The number of hydrogen-bond acceptors (Lipinski definition) is 4. The van der Waals surface area contributed by atoms with E-state index in [0.717, 1.165) is 50.0 Å². The van der Waals surface area contributed by atoms with Gasteiger partial charge in [0.1, 0.15) is 0 Å². The van der Waals surface area contributed by atoms with E-state index in [2.05, 4.69) is 27.3 Å². The molecule has 1 aliphatic rings. The van der Waals surface area contributed by atoms with E-state index in [1.54, 1.807) is 0 Å². The monoisotopic (exact) mass is 422 g/mol. The van der Waals surface area contributed by atoms with E-state index < -0.39 is 0 Å². The quantitative estimate of drug-likeness (QED) is 0.704. The molecule has 0 bridgehead atoms. The number of carbonyl (C=O) groups excluding carboxylic acids is 2. The van der Waals surface area contributed by atoms with E-state index in [1.807, 2.05) is 55.5 Å². The largest absolute Gasteiger partial charge is 0.371 e. The zero-order valence-electron chi connectivity index (χ0n) is 18.9. The summed E-state index contributed by atoms with van der Waals surface area (Å²) in [6.45, 7) is 6.36. The summed E-state index contributed by atoms with van der Waals surface area (Å²) >= 11 is 0. The normalized spacial score (nSPS) is 15.4. The Kier molecular flexibility index (Phi) is 8.04. The number of nitrogens with zero attached hydrogens (tertiary/aromatic N) is 3. The third-order valence-corrected chi connectivity index (χ3v) is 6.18. The lowest BCUT2D eigenvalue weighted by Crippen LogP contribution is -2.37. The second kappa shape index (κ2) is 10.9. The van der Waals surface area contributed by atoms with E-state index in [1.165, 1.54) is 12.6 Å². The zero-order valence-corrected chi connectivity index (χ0v) is 18.9. The molecule has 6 heteroatoms. The number of aromatic nitrogens is 1. The molecule has 31 heavy (non-hydrogen) atoms. The minimum atomic E-state index is -0.295. The van der Waals surface area contributed by atoms with Crippen LogP contribution in [0.5, 0.6) is 0 Å². The molecule has 1 saturated heterocycles. The summed E-state index contributed by atoms with van der Waals surface area (Å²) in [4.78, 5) is 32.8. The molecule has 2 heterocycles. The third kappa shape index (κ3) is 6.81. The summed E-state index contributed by atoms with van der Waals surface area (Å²) in [6, 6.07) is 11.8. The van der Waals surface area contributed by atoms with Crippen LogP contribution in [0.4, 0.5) is 5.69 Å². The second-order valence-electron chi connectivity index (χ2n) is 8.61. The van der Waals surface area contributed by atoms with Crippen LogP contribution in [-0.4, -0.2) is 48.4 Å². The summed E-state index contributed by atoms with van der Waals surface area (Å²) in [6.07, 6.45) is 7.26. The lowest BCUT2D eigenvalue weighted by atomic mass is 9.93. The number of pyridine rings is 1. The highest BCUT2D eigenvalue weighted by Gasteiger charge is 2.22. The zero-order chi connectivity index (χ0) is 22.2. The second-order valence-corrected chi connectivity index (χ2v) is 8.61. The Morgan fingerprint density at radius 3 is 2.39 bits per heavy atom. The fourth-order valence-electron chi connectivity index (χ4n) is 4.16. The summed E-state index contributed by atoms with van der Waals surface area (Å²) in [5, 5.41) is 2.93. The maximum Gasteiger partial charge on any atom is 0.224 e. The van der Waals surface area contributed by atoms with Gasteiger partial charge in [0.05, 0.1) is 12.5 Å². The molecule has 2 aromatic rings. The number of carbonyl (C=O) groups is 2. The number of nitrogens with one attached hydrogen (secondary N) is 1. The summed E-state index contributed by atoms with van der Waals surface area (Å²) in [7, 11) is 1.87. The Balaban J connectivity index is 1.47. The van der Waals surface area contributed by atoms with E-state index in [4.69, 9.17) is 0 Å². The van der Waals surface area contributed by atoms with Gasteiger partial charge in [-0.05, 0) is 49.8 Å². The Bertz CT molecular complexity index is 846. The number of amides is 2. The highest BCUT2D eigenvalue weighted by Crippen LogP contribution is 2.25. The van der Waals surface area contributed by atoms with Gasteiger partial charge in [0.25, 0.3) is 0 Å². The molecule has 1 aromatic heterocycles. The first-order valence-corrected chi connectivity index (χ1v) is 11.1. The van der Waals surface area contributed by atoms with Crippen LogP contribution in [0.3, 0.4) is 0 Å². The third-order valence-electron chi connectivity index (χ3n) is 6.18. The molecule has 1 unspecified atom stereocenters. The van der Waals surface area contributed by atoms with Crippen LogP contribution < -0.4 is 10.2 Å². The van der Waals surface area contributed by atoms with E-state index in [-0.39, 0.29) is 24.3 Å². The van der Waals surface area contributed by atoms with Crippen molar-refractivity contribution in [3.8, 4) is 0 Å². The van der Waals surface area contributed by atoms with Gasteiger partial charge in [-0.15, -0.1) is 0 Å². The highest BCUT2D eigenvalue weighted by molar-refractivity contribution is 5.79. The molecular weight excluding hydrogens is 388 g/mol. The van der Waals surface area contributed by atoms with E-state index in [0.29, 0.717) is 5.92 Å². The van der Waals surface area contributed by atoms with Crippen molar-refractivity contribution in [3.63, 3.8) is 0 Å². The minimum Gasteiger partial charge on any atom is -0.371 e. The molecular formula is C25H34N4O2. The van der Waals surface area contributed by atoms with Gasteiger partial charge in [-0.25, -0.2) is 0 Å². The first-order chi connectivity index (χ1) is 14.9. The molecule has 6 nitrogen and oxygen atoms in total. The van der Waals surface area contributed by atoms with Gasteiger partial charge in [0, 0.05) is 51.7 Å². The van der Waals surface area contributed by atoms with Crippen LogP contribution in [0, 0.1) is 12.8 Å². The lowest BCUT2D eigenvalue weighted by molar-refractivity contribution is -0.131. The van der Waals surface area contributed by atoms with Gasteiger partial charge in [-0.3, -0.25) is 14.6 Å². The van der Waals surface area contributed by atoms with Crippen LogP contribution >= 0.6 is 0 Å². The van der Waals surface area contributed by atoms with Crippen molar-refractivity contribution >= 4 is 17.5 Å². The van der Waals surface area contributed by atoms with Crippen LogP contribution in [0.15, 0.2) is 48.8 Å². The molecule has 1 fully saturated rings. The fourth-order valence-corrected chi connectivity index (χ4v) is 4.16. The number of aryl methyl sites for hydroxylation is 1. The standard InChI is InChI=1S/C25H34N4O2/c1-19-4-6-22(7-5-19)24(27-20(2)30)18-25(31)28(3)15-10-21-11-16-29(17-12-21)23-8-13-26-14-9-23/h4-9,13-14,21,24H,10-12,15-18H2,1-3H3,(H,27,30). The van der Waals surface area contributed by atoms with Crippen molar-refractivity contribution in [2.24, 2.45) is 5.92 Å². The molecule has 1 aromatic carbocycles. The predicted octanol–water partition coefficient (Wildman–Crippen LogP) is 3.72. The predicted molar refractivity (Wildman–Crippen MR) is 124 cm³/mol. The van der Waals surface area contributed by atoms with Crippen molar-refractivity contribution in [2.75, 3.05) is 31.6 Å². The van der Waals surface area contributed by atoms with Crippen LogP contribution in [0.2, 0.25) is 0 Å². The van der Waals surface area contributed by atoms with Crippen molar-refractivity contribution in [1.82, 2.24) is 15.2 Å². The molecule has 1 N–H and O–H groups in total. The Hall–Kier alpha value is -2.89. The maximum absolute atomic E-state index is 12.8. The average Bonchev–Trinajstić information content (AvgIpc) is 2.78. The number of hydrogen-bond donors (Lipinski definition) is 1. The van der Waals surface area contributed by atoms with Gasteiger partial charge in [-0.2, -0.15) is 0 Å². The average molecular weight is 423 g/mol. The number of rotatable bonds is 8. The molecule has 166 valence electrons. The van der Waals surface area contributed by atoms with Gasteiger partial charge in [-0.1, -0.05) is 29.8 Å². The Morgan fingerprint density at radius 1 is 1.13 bits per heavy atom. The molecule has 0 spiro atoms. The molecule has 0 aliphatic carbocycles. The van der Waals surface area contributed by atoms with Gasteiger partial charge in [0.15, 0.2) is 0 Å². The minimum absolute atomic E-state index is 0.0635.